The van der Waals surface area contributed by atoms with E-state index in [0.717, 1.165) is 38.2 Å². The molecule has 1 saturated heterocycles. The van der Waals surface area contributed by atoms with Gasteiger partial charge < -0.3 is 15.4 Å². The first kappa shape index (κ1) is 17.0. The number of ether oxygens (including phenoxy) is 1. The van der Waals surface area contributed by atoms with Crippen LogP contribution in [0.3, 0.4) is 0 Å². The van der Waals surface area contributed by atoms with Crippen molar-refractivity contribution in [3.63, 3.8) is 0 Å². The highest BCUT2D eigenvalue weighted by atomic mass is 35.5. The largest absolute Gasteiger partial charge is 0.384 e. The second kappa shape index (κ2) is 8.35. The molecule has 1 unspecified atom stereocenters. The van der Waals surface area contributed by atoms with Crippen molar-refractivity contribution in [1.82, 2.24) is 4.90 Å². The highest BCUT2D eigenvalue weighted by Crippen LogP contribution is 2.30. The third-order valence-corrected chi connectivity index (χ3v) is 5.08. The quantitative estimate of drug-likeness (QED) is 0.863. The molecule has 1 fully saturated rings. The fourth-order valence-corrected chi connectivity index (χ4v) is 3.34. The molecule has 0 aliphatic carbocycles. The third-order valence-electron chi connectivity index (χ3n) is 4.25. The van der Waals surface area contributed by atoms with E-state index < -0.39 is 0 Å². The average Bonchev–Trinajstić information content (AvgIpc) is 2.49. The summed E-state index contributed by atoms with van der Waals surface area (Å²) in [5.41, 5.74) is 7.21. The standard InChI is InChI=1S/C16H24Cl2N2O/c1-21-11-12-5-8-20(9-6-12)10-7-15(19)13-3-2-4-14(17)16(13)18/h2-4,12,15H,5-11,19H2,1H3. The first-order valence-electron chi connectivity index (χ1n) is 7.52. The molecule has 1 aromatic rings. The van der Waals surface area contributed by atoms with E-state index in [4.69, 9.17) is 33.7 Å². The minimum Gasteiger partial charge on any atom is -0.384 e. The molecule has 1 aromatic carbocycles. The number of nitrogens with zero attached hydrogens (tertiary/aromatic N) is 1. The van der Waals surface area contributed by atoms with Crippen molar-refractivity contribution in [3.8, 4) is 0 Å². The SMILES string of the molecule is COCC1CCN(CCC(N)c2cccc(Cl)c2Cl)CC1. The number of methoxy groups -OCH3 is 1. The van der Waals surface area contributed by atoms with E-state index in [0.29, 0.717) is 16.0 Å². The van der Waals surface area contributed by atoms with Crippen molar-refractivity contribution in [2.45, 2.75) is 25.3 Å². The van der Waals surface area contributed by atoms with Crippen molar-refractivity contribution < 1.29 is 4.74 Å². The molecule has 0 spiro atoms. The third kappa shape index (κ3) is 4.83. The van der Waals surface area contributed by atoms with Gasteiger partial charge in [-0.2, -0.15) is 0 Å². The van der Waals surface area contributed by atoms with E-state index in [1.807, 2.05) is 12.1 Å². The Kier molecular flexibility index (Phi) is 6.77. The van der Waals surface area contributed by atoms with Gasteiger partial charge in [-0.25, -0.2) is 0 Å². The van der Waals surface area contributed by atoms with Crippen LogP contribution in [0.25, 0.3) is 0 Å². The van der Waals surface area contributed by atoms with Gasteiger partial charge >= 0.3 is 0 Å². The summed E-state index contributed by atoms with van der Waals surface area (Å²) in [7, 11) is 1.78. The number of rotatable bonds is 6. The van der Waals surface area contributed by atoms with Gasteiger partial charge in [-0.15, -0.1) is 0 Å². The van der Waals surface area contributed by atoms with E-state index in [2.05, 4.69) is 4.90 Å². The highest BCUT2D eigenvalue weighted by molar-refractivity contribution is 6.42. The molecule has 0 saturated carbocycles. The Labute approximate surface area is 137 Å². The second-order valence-corrected chi connectivity index (χ2v) is 6.56. The van der Waals surface area contributed by atoms with Gasteiger partial charge in [0.15, 0.2) is 0 Å². The molecule has 0 amide bonds. The fraction of sp³-hybridized carbons (Fsp3) is 0.625. The molecule has 2 N–H and O–H groups in total. The van der Waals surface area contributed by atoms with Crippen LogP contribution in [0.1, 0.15) is 30.9 Å². The van der Waals surface area contributed by atoms with E-state index in [1.54, 1.807) is 13.2 Å². The van der Waals surface area contributed by atoms with Crippen LogP contribution in [0, 0.1) is 5.92 Å². The molecular formula is C16H24Cl2N2O. The Balaban J connectivity index is 1.79. The number of nitrogens with two attached hydrogens (primary N) is 1. The zero-order chi connectivity index (χ0) is 15.2. The molecule has 118 valence electrons. The summed E-state index contributed by atoms with van der Waals surface area (Å²) in [4.78, 5) is 2.48. The van der Waals surface area contributed by atoms with Crippen LogP contribution in [0.15, 0.2) is 18.2 Å². The Morgan fingerprint density at radius 1 is 1.33 bits per heavy atom. The predicted octanol–water partition coefficient (Wildman–Crippen LogP) is 3.74. The summed E-state index contributed by atoms with van der Waals surface area (Å²) in [6.45, 7) is 4.14. The summed E-state index contributed by atoms with van der Waals surface area (Å²) in [5.74, 6) is 0.710. The molecule has 0 bridgehead atoms. The fourth-order valence-electron chi connectivity index (χ4n) is 2.90. The lowest BCUT2D eigenvalue weighted by atomic mass is 9.97. The number of halogens is 2. The van der Waals surface area contributed by atoms with E-state index >= 15 is 0 Å². The minimum absolute atomic E-state index is 0.0621. The van der Waals surface area contributed by atoms with Gasteiger partial charge in [0.25, 0.3) is 0 Å². The summed E-state index contributed by atoms with van der Waals surface area (Å²) in [6.07, 6.45) is 3.32. The molecule has 1 aliphatic heterocycles. The second-order valence-electron chi connectivity index (χ2n) is 5.78. The van der Waals surface area contributed by atoms with Gasteiger partial charge in [0.1, 0.15) is 0 Å². The van der Waals surface area contributed by atoms with Gasteiger partial charge in [-0.1, -0.05) is 35.3 Å². The zero-order valence-electron chi connectivity index (χ0n) is 12.5. The summed E-state index contributed by atoms with van der Waals surface area (Å²) in [5, 5.41) is 1.16. The van der Waals surface area contributed by atoms with E-state index in [9.17, 15) is 0 Å². The number of piperidine rings is 1. The van der Waals surface area contributed by atoms with Crippen molar-refractivity contribution in [2.75, 3.05) is 33.4 Å². The zero-order valence-corrected chi connectivity index (χ0v) is 14.0. The van der Waals surface area contributed by atoms with Crippen molar-refractivity contribution in [3.05, 3.63) is 33.8 Å². The van der Waals surface area contributed by atoms with Gasteiger partial charge in [-0.3, -0.25) is 0 Å². The van der Waals surface area contributed by atoms with Crippen LogP contribution >= 0.6 is 23.2 Å². The van der Waals surface area contributed by atoms with Crippen LogP contribution in [0.2, 0.25) is 10.0 Å². The van der Waals surface area contributed by atoms with E-state index in [-0.39, 0.29) is 6.04 Å². The molecule has 1 heterocycles. The monoisotopic (exact) mass is 330 g/mol. The van der Waals surface area contributed by atoms with Crippen LogP contribution in [-0.4, -0.2) is 38.3 Å². The van der Waals surface area contributed by atoms with Crippen LogP contribution in [0.5, 0.6) is 0 Å². The molecular weight excluding hydrogens is 307 g/mol. The molecule has 0 radical (unpaired) electrons. The van der Waals surface area contributed by atoms with E-state index in [1.165, 1.54) is 12.8 Å². The molecule has 5 heteroatoms. The minimum atomic E-state index is -0.0621. The maximum atomic E-state index is 6.27. The Hall–Kier alpha value is -0.320. The molecule has 21 heavy (non-hydrogen) atoms. The maximum Gasteiger partial charge on any atom is 0.0640 e. The lowest BCUT2D eigenvalue weighted by molar-refractivity contribution is 0.0983. The number of likely N-dealkylation sites (tertiary alicyclic amines) is 1. The molecule has 1 atom stereocenters. The first-order chi connectivity index (χ1) is 10.1. The lowest BCUT2D eigenvalue weighted by Gasteiger charge is -2.32. The van der Waals surface area contributed by atoms with Crippen LogP contribution < -0.4 is 5.73 Å². The molecule has 0 aromatic heterocycles. The van der Waals surface area contributed by atoms with Gasteiger partial charge in [0, 0.05) is 19.8 Å². The van der Waals surface area contributed by atoms with Gasteiger partial charge in [0.2, 0.25) is 0 Å². The topological polar surface area (TPSA) is 38.5 Å². The lowest BCUT2D eigenvalue weighted by Crippen LogP contribution is -2.36. The van der Waals surface area contributed by atoms with Gasteiger partial charge in [-0.05, 0) is 56.4 Å². The summed E-state index contributed by atoms with van der Waals surface area (Å²) in [6, 6.07) is 5.59. The Bertz CT molecular complexity index is 448. The predicted molar refractivity (Wildman–Crippen MR) is 89.0 cm³/mol. The highest BCUT2D eigenvalue weighted by Gasteiger charge is 2.20. The molecule has 1 aliphatic rings. The number of benzene rings is 1. The number of hydrogen-bond donors (Lipinski definition) is 1. The average molecular weight is 331 g/mol. The van der Waals surface area contributed by atoms with Crippen molar-refractivity contribution in [1.29, 1.82) is 0 Å². The van der Waals surface area contributed by atoms with Crippen molar-refractivity contribution >= 4 is 23.2 Å². The summed E-state index contributed by atoms with van der Waals surface area (Å²) >= 11 is 12.3. The molecule has 3 nitrogen and oxygen atoms in total. The van der Waals surface area contributed by atoms with Crippen molar-refractivity contribution in [2.24, 2.45) is 11.7 Å². The Morgan fingerprint density at radius 2 is 2.05 bits per heavy atom. The van der Waals surface area contributed by atoms with Gasteiger partial charge in [0.05, 0.1) is 10.0 Å². The van der Waals surface area contributed by atoms with Crippen LogP contribution in [-0.2, 0) is 4.74 Å². The number of hydrogen-bond acceptors (Lipinski definition) is 3. The smallest absolute Gasteiger partial charge is 0.0640 e. The first-order valence-corrected chi connectivity index (χ1v) is 8.28. The van der Waals surface area contributed by atoms with Crippen LogP contribution in [0.4, 0.5) is 0 Å². The Morgan fingerprint density at radius 3 is 2.71 bits per heavy atom. The summed E-state index contributed by atoms with van der Waals surface area (Å²) < 4.78 is 5.23. The molecule has 2 rings (SSSR count). The normalized spacial score (nSPS) is 18.9. The maximum absolute atomic E-state index is 6.27.